The molecule has 1 fully saturated rings. The molecule has 1 aliphatic rings. The maximum atomic E-state index is 13.0. The lowest BCUT2D eigenvalue weighted by Gasteiger charge is -2.24. The number of likely N-dealkylation sites (tertiary alicyclic amines) is 1. The lowest BCUT2D eigenvalue weighted by molar-refractivity contribution is -0.140. The van der Waals surface area contributed by atoms with Crippen LogP contribution in [0.1, 0.15) is 29.3 Å². The molecule has 3 aromatic rings. The van der Waals surface area contributed by atoms with Crippen LogP contribution in [-0.4, -0.2) is 49.9 Å². The SMILES string of the molecule is COc1ccc(/C(O)=C2\C(=O)C(=O)N(CCCn3ccnc3)[C@@H]2c2ccccn2)cc1C. The van der Waals surface area contributed by atoms with Crippen LogP contribution in [0.2, 0.25) is 0 Å². The number of benzene rings is 1. The van der Waals surface area contributed by atoms with Crippen molar-refractivity contribution in [2.45, 2.75) is 25.9 Å². The van der Waals surface area contributed by atoms with E-state index in [1.54, 1.807) is 62.2 Å². The van der Waals surface area contributed by atoms with Crippen LogP contribution >= 0.6 is 0 Å². The fourth-order valence-corrected chi connectivity index (χ4v) is 3.98. The second-order valence-electron chi connectivity index (χ2n) is 7.59. The molecule has 4 rings (SSSR count). The Bertz CT molecular complexity index is 1160. The number of hydrogen-bond acceptors (Lipinski definition) is 6. The molecule has 0 bridgehead atoms. The Morgan fingerprint density at radius 2 is 2.00 bits per heavy atom. The average Bonchev–Trinajstić information content (AvgIpc) is 3.41. The minimum absolute atomic E-state index is 0.0425. The second kappa shape index (κ2) is 9.05. The highest BCUT2D eigenvalue weighted by Crippen LogP contribution is 2.39. The number of aryl methyl sites for hydroxylation is 2. The molecule has 1 atom stereocenters. The summed E-state index contributed by atoms with van der Waals surface area (Å²) in [4.78, 5) is 35.9. The number of methoxy groups -OCH3 is 1. The van der Waals surface area contributed by atoms with E-state index in [4.69, 9.17) is 4.74 Å². The van der Waals surface area contributed by atoms with Crippen LogP contribution in [0.25, 0.3) is 5.76 Å². The van der Waals surface area contributed by atoms with Gasteiger partial charge < -0.3 is 19.3 Å². The van der Waals surface area contributed by atoms with Crippen molar-refractivity contribution in [1.82, 2.24) is 19.4 Å². The fraction of sp³-hybridized carbons (Fsp3) is 0.250. The number of nitrogens with zero attached hydrogens (tertiary/aromatic N) is 4. The van der Waals surface area contributed by atoms with Crippen LogP contribution in [0.4, 0.5) is 0 Å². The van der Waals surface area contributed by atoms with Crippen molar-refractivity contribution in [2.75, 3.05) is 13.7 Å². The first-order valence-corrected chi connectivity index (χ1v) is 10.3. The highest BCUT2D eigenvalue weighted by atomic mass is 16.5. The zero-order valence-corrected chi connectivity index (χ0v) is 17.9. The van der Waals surface area contributed by atoms with Gasteiger partial charge in [0.1, 0.15) is 17.6 Å². The summed E-state index contributed by atoms with van der Waals surface area (Å²) in [6, 6.07) is 9.68. The van der Waals surface area contributed by atoms with Crippen molar-refractivity contribution in [3.63, 3.8) is 0 Å². The number of hydrogen-bond donors (Lipinski definition) is 1. The summed E-state index contributed by atoms with van der Waals surface area (Å²) in [6.07, 6.45) is 7.47. The lowest BCUT2D eigenvalue weighted by atomic mass is 9.97. The molecular weight excluding hydrogens is 408 g/mol. The maximum absolute atomic E-state index is 13.0. The van der Waals surface area contributed by atoms with E-state index in [0.29, 0.717) is 36.5 Å². The van der Waals surface area contributed by atoms with Crippen molar-refractivity contribution < 1.29 is 19.4 Å². The third kappa shape index (κ3) is 3.99. The number of Topliss-reactive ketones (excluding diaryl/α,β-unsaturated/α-hetero) is 1. The summed E-state index contributed by atoms with van der Waals surface area (Å²) >= 11 is 0. The average molecular weight is 432 g/mol. The molecule has 0 unspecified atom stereocenters. The van der Waals surface area contributed by atoms with Gasteiger partial charge in [0.2, 0.25) is 0 Å². The Hall–Kier alpha value is -3.94. The summed E-state index contributed by atoms with van der Waals surface area (Å²) in [6.45, 7) is 2.83. The Balaban J connectivity index is 1.72. The van der Waals surface area contributed by atoms with Gasteiger partial charge in [-0.05, 0) is 49.2 Å². The molecular formula is C24H24N4O4. The van der Waals surface area contributed by atoms with E-state index in [2.05, 4.69) is 9.97 Å². The molecule has 1 aliphatic heterocycles. The number of carbonyl (C=O) groups is 2. The van der Waals surface area contributed by atoms with Gasteiger partial charge in [0.25, 0.3) is 11.7 Å². The smallest absolute Gasteiger partial charge is 0.295 e. The first-order chi connectivity index (χ1) is 15.5. The van der Waals surface area contributed by atoms with Gasteiger partial charge in [-0.15, -0.1) is 0 Å². The van der Waals surface area contributed by atoms with Gasteiger partial charge in [-0.1, -0.05) is 6.07 Å². The van der Waals surface area contributed by atoms with Crippen LogP contribution in [0, 0.1) is 6.92 Å². The van der Waals surface area contributed by atoms with Crippen molar-refractivity contribution in [3.8, 4) is 5.75 Å². The van der Waals surface area contributed by atoms with Crippen LogP contribution in [-0.2, 0) is 16.1 Å². The van der Waals surface area contributed by atoms with Crippen molar-refractivity contribution in [2.24, 2.45) is 0 Å². The molecule has 1 N–H and O–H groups in total. The Labute approximate surface area is 185 Å². The van der Waals surface area contributed by atoms with E-state index in [1.807, 2.05) is 17.7 Å². The summed E-state index contributed by atoms with van der Waals surface area (Å²) in [5.74, 6) is -0.906. The van der Waals surface area contributed by atoms with Gasteiger partial charge in [-0.25, -0.2) is 4.98 Å². The Morgan fingerprint density at radius 1 is 1.16 bits per heavy atom. The van der Waals surface area contributed by atoms with Crippen LogP contribution < -0.4 is 4.74 Å². The molecule has 2 aromatic heterocycles. The number of rotatable bonds is 7. The molecule has 1 saturated heterocycles. The minimum Gasteiger partial charge on any atom is -0.507 e. The molecule has 8 nitrogen and oxygen atoms in total. The molecule has 0 radical (unpaired) electrons. The van der Waals surface area contributed by atoms with Gasteiger partial charge in [-0.2, -0.15) is 0 Å². The van der Waals surface area contributed by atoms with Crippen molar-refractivity contribution >= 4 is 17.4 Å². The molecule has 164 valence electrons. The van der Waals surface area contributed by atoms with Crippen molar-refractivity contribution in [3.05, 3.63) is 83.7 Å². The van der Waals surface area contributed by atoms with Gasteiger partial charge in [-0.3, -0.25) is 14.6 Å². The van der Waals surface area contributed by atoms with E-state index in [1.165, 1.54) is 4.90 Å². The lowest BCUT2D eigenvalue weighted by Crippen LogP contribution is -2.31. The quantitative estimate of drug-likeness (QED) is 0.350. The molecule has 3 heterocycles. The summed E-state index contributed by atoms with van der Waals surface area (Å²) in [7, 11) is 1.57. The van der Waals surface area contributed by atoms with Crippen molar-refractivity contribution in [1.29, 1.82) is 0 Å². The van der Waals surface area contributed by atoms with Crippen LogP contribution in [0.15, 0.2) is 66.9 Å². The van der Waals surface area contributed by atoms with E-state index >= 15 is 0 Å². The number of amides is 1. The third-order valence-electron chi connectivity index (χ3n) is 5.55. The zero-order valence-electron chi connectivity index (χ0n) is 17.9. The fourth-order valence-electron chi connectivity index (χ4n) is 3.98. The monoisotopic (exact) mass is 432 g/mol. The highest BCUT2D eigenvalue weighted by molar-refractivity contribution is 6.46. The molecule has 8 heteroatoms. The molecule has 32 heavy (non-hydrogen) atoms. The van der Waals surface area contributed by atoms with Gasteiger partial charge in [0, 0.05) is 37.2 Å². The molecule has 1 aromatic carbocycles. The van der Waals surface area contributed by atoms with Crippen LogP contribution in [0.3, 0.4) is 0 Å². The number of pyridine rings is 1. The number of aromatic nitrogens is 3. The third-order valence-corrected chi connectivity index (χ3v) is 5.55. The summed E-state index contributed by atoms with van der Waals surface area (Å²) < 4.78 is 7.19. The number of ether oxygens (including phenoxy) is 1. The topological polar surface area (TPSA) is 97.6 Å². The second-order valence-corrected chi connectivity index (χ2v) is 7.59. The predicted octanol–water partition coefficient (Wildman–Crippen LogP) is 3.11. The number of carbonyl (C=O) groups excluding carboxylic acids is 2. The molecule has 0 saturated carbocycles. The van der Waals surface area contributed by atoms with E-state index in [0.717, 1.165) is 5.56 Å². The number of ketones is 1. The Morgan fingerprint density at radius 3 is 2.66 bits per heavy atom. The largest absolute Gasteiger partial charge is 0.507 e. The minimum atomic E-state index is -0.763. The van der Waals surface area contributed by atoms with Crippen LogP contribution in [0.5, 0.6) is 5.75 Å². The Kier molecular flexibility index (Phi) is 6.02. The van der Waals surface area contributed by atoms with Gasteiger partial charge >= 0.3 is 0 Å². The standard InChI is InChI=1S/C24H24N4O4/c1-16-14-17(7-8-19(16)32-2)22(29)20-21(18-6-3-4-9-26-18)28(24(31)23(20)30)12-5-11-27-13-10-25-15-27/h3-4,6-10,13-15,21,29H,5,11-12H2,1-2H3/b22-20+/t21-/m1/s1. The summed E-state index contributed by atoms with van der Waals surface area (Å²) in [5.41, 5.74) is 1.82. The first kappa shape index (κ1) is 21.3. The maximum Gasteiger partial charge on any atom is 0.295 e. The molecule has 0 aliphatic carbocycles. The number of imidazole rings is 1. The van der Waals surface area contributed by atoms with E-state index in [-0.39, 0.29) is 11.3 Å². The molecule has 1 amide bonds. The first-order valence-electron chi connectivity index (χ1n) is 10.3. The van der Waals surface area contributed by atoms with Gasteiger partial charge in [0.15, 0.2) is 0 Å². The highest BCUT2D eigenvalue weighted by Gasteiger charge is 2.46. The normalized spacial score (nSPS) is 17.7. The van der Waals surface area contributed by atoms with E-state index < -0.39 is 17.7 Å². The number of aliphatic hydroxyl groups excluding tert-OH is 1. The number of aliphatic hydroxyl groups is 1. The predicted molar refractivity (Wildman–Crippen MR) is 118 cm³/mol. The zero-order chi connectivity index (χ0) is 22.7. The molecule has 0 spiro atoms. The summed E-state index contributed by atoms with van der Waals surface area (Å²) in [5, 5.41) is 11.1. The van der Waals surface area contributed by atoms with Gasteiger partial charge in [0.05, 0.1) is 24.7 Å². The van der Waals surface area contributed by atoms with E-state index in [9.17, 15) is 14.7 Å².